The van der Waals surface area contributed by atoms with E-state index in [2.05, 4.69) is 20.8 Å². The van der Waals surface area contributed by atoms with Crippen LogP contribution >= 0.6 is 34.7 Å². The summed E-state index contributed by atoms with van der Waals surface area (Å²) in [7, 11) is 0. The second-order valence-corrected chi connectivity index (χ2v) is 6.83. The molecule has 0 aliphatic heterocycles. The van der Waals surface area contributed by atoms with Crippen LogP contribution in [0.4, 0.5) is 24.0 Å². The Morgan fingerprint density at radius 1 is 1.35 bits per heavy atom. The van der Waals surface area contributed by atoms with Crippen molar-refractivity contribution in [2.75, 3.05) is 22.9 Å². The van der Waals surface area contributed by atoms with Gasteiger partial charge >= 0.3 is 6.18 Å². The number of carbonyl (C=O) groups is 1. The highest BCUT2D eigenvalue weighted by Gasteiger charge is 2.27. The fourth-order valence-corrected chi connectivity index (χ4v) is 3.14. The molecule has 0 spiro atoms. The van der Waals surface area contributed by atoms with Crippen molar-refractivity contribution in [2.24, 2.45) is 0 Å². The fraction of sp³-hybridized carbons (Fsp3) is 0.250. The molecular weight excluding hydrogens is 373 g/mol. The van der Waals surface area contributed by atoms with Crippen molar-refractivity contribution in [3.8, 4) is 0 Å². The topological polar surface area (TPSA) is 66.9 Å². The molecule has 2 N–H and O–H groups in total. The zero-order valence-electron chi connectivity index (χ0n) is 11.4. The molecule has 1 aromatic heterocycles. The van der Waals surface area contributed by atoms with Crippen molar-refractivity contribution in [3.05, 3.63) is 29.3 Å². The number of anilines is 2. The van der Waals surface area contributed by atoms with Gasteiger partial charge in [0.05, 0.1) is 5.75 Å². The van der Waals surface area contributed by atoms with Gasteiger partial charge in [0.15, 0.2) is 4.34 Å². The van der Waals surface area contributed by atoms with Crippen molar-refractivity contribution >= 4 is 51.4 Å². The summed E-state index contributed by atoms with van der Waals surface area (Å²) in [6, 6.07) is 6.68. The van der Waals surface area contributed by atoms with E-state index in [0.717, 1.165) is 23.1 Å². The van der Waals surface area contributed by atoms with E-state index >= 15 is 0 Å². The van der Waals surface area contributed by atoms with Gasteiger partial charge in [0.1, 0.15) is 6.54 Å². The zero-order valence-corrected chi connectivity index (χ0v) is 13.7. The fourth-order valence-electron chi connectivity index (χ4n) is 1.41. The van der Waals surface area contributed by atoms with Crippen LogP contribution in [0, 0.1) is 0 Å². The maximum atomic E-state index is 12.1. The molecule has 0 saturated heterocycles. The standard InChI is InChI=1S/C12H10ClF3N4OS2/c13-7-2-1-3-8(4-7)18-9(21)5-22-11-20-19-10(23-11)17-6-12(14,15)16/h1-4H,5-6H2,(H,17,19)(H,18,21). The van der Waals surface area contributed by atoms with Gasteiger partial charge < -0.3 is 10.6 Å². The van der Waals surface area contributed by atoms with Crippen molar-refractivity contribution in [3.63, 3.8) is 0 Å². The molecule has 11 heteroatoms. The van der Waals surface area contributed by atoms with E-state index in [1.54, 1.807) is 24.3 Å². The van der Waals surface area contributed by atoms with Gasteiger partial charge in [0, 0.05) is 10.7 Å². The van der Waals surface area contributed by atoms with E-state index in [4.69, 9.17) is 11.6 Å². The molecule has 0 atom stereocenters. The summed E-state index contributed by atoms with van der Waals surface area (Å²) >= 11 is 7.84. The Bertz CT molecular complexity index is 680. The van der Waals surface area contributed by atoms with Gasteiger partial charge in [-0.1, -0.05) is 40.8 Å². The predicted octanol–water partition coefficient (Wildman–Crippen LogP) is 3.90. The Morgan fingerprint density at radius 3 is 2.83 bits per heavy atom. The number of thioether (sulfide) groups is 1. The molecule has 0 bridgehead atoms. The van der Waals surface area contributed by atoms with Crippen LogP contribution in [0.3, 0.4) is 0 Å². The van der Waals surface area contributed by atoms with E-state index in [1.807, 2.05) is 0 Å². The van der Waals surface area contributed by atoms with Crippen LogP contribution in [-0.4, -0.2) is 34.6 Å². The molecule has 0 unspecified atom stereocenters. The first kappa shape index (κ1) is 17.8. The third-order valence-electron chi connectivity index (χ3n) is 2.28. The quantitative estimate of drug-likeness (QED) is 0.742. The summed E-state index contributed by atoms with van der Waals surface area (Å²) < 4.78 is 36.6. The van der Waals surface area contributed by atoms with E-state index in [-0.39, 0.29) is 16.8 Å². The van der Waals surface area contributed by atoms with Gasteiger partial charge in [0.25, 0.3) is 0 Å². The lowest BCUT2D eigenvalue weighted by Crippen LogP contribution is -2.21. The number of hydrogen-bond acceptors (Lipinski definition) is 6. The first-order valence-electron chi connectivity index (χ1n) is 6.14. The summed E-state index contributed by atoms with van der Waals surface area (Å²) in [4.78, 5) is 11.8. The smallest absolute Gasteiger partial charge is 0.351 e. The normalized spacial score (nSPS) is 11.3. The van der Waals surface area contributed by atoms with Crippen LogP contribution in [0.1, 0.15) is 0 Å². The molecule has 1 heterocycles. The van der Waals surface area contributed by atoms with Crippen LogP contribution in [0.2, 0.25) is 5.02 Å². The van der Waals surface area contributed by atoms with Crippen molar-refractivity contribution in [1.82, 2.24) is 10.2 Å². The minimum absolute atomic E-state index is 0.0556. The maximum Gasteiger partial charge on any atom is 0.405 e. The molecule has 0 aliphatic rings. The molecule has 0 fully saturated rings. The molecule has 23 heavy (non-hydrogen) atoms. The Labute approximate surface area is 142 Å². The zero-order chi connectivity index (χ0) is 16.9. The Kier molecular flexibility index (Phi) is 6.08. The molecule has 0 radical (unpaired) electrons. The first-order valence-corrected chi connectivity index (χ1v) is 8.32. The van der Waals surface area contributed by atoms with Crippen molar-refractivity contribution in [1.29, 1.82) is 0 Å². The molecule has 5 nitrogen and oxygen atoms in total. The monoisotopic (exact) mass is 382 g/mol. The van der Waals surface area contributed by atoms with Gasteiger partial charge in [-0.3, -0.25) is 4.79 Å². The van der Waals surface area contributed by atoms with Gasteiger partial charge in [0.2, 0.25) is 11.0 Å². The second kappa shape index (κ2) is 7.84. The van der Waals surface area contributed by atoms with E-state index in [9.17, 15) is 18.0 Å². The number of rotatable bonds is 6. The number of nitrogens with one attached hydrogen (secondary N) is 2. The van der Waals surface area contributed by atoms with E-state index in [1.165, 1.54) is 0 Å². The second-order valence-electron chi connectivity index (χ2n) is 4.19. The third-order valence-corrected chi connectivity index (χ3v) is 4.53. The highest BCUT2D eigenvalue weighted by molar-refractivity contribution is 8.01. The van der Waals surface area contributed by atoms with Gasteiger partial charge in [-0.05, 0) is 18.2 Å². The highest BCUT2D eigenvalue weighted by atomic mass is 35.5. The Balaban J connectivity index is 1.79. The van der Waals surface area contributed by atoms with Crippen LogP contribution in [0.5, 0.6) is 0 Å². The largest absolute Gasteiger partial charge is 0.405 e. The lowest BCUT2D eigenvalue weighted by atomic mass is 10.3. The number of nitrogens with zero attached hydrogens (tertiary/aromatic N) is 2. The first-order chi connectivity index (χ1) is 10.8. The average Bonchev–Trinajstić information content (AvgIpc) is 2.90. The molecule has 0 aliphatic carbocycles. The number of benzene rings is 1. The molecular formula is C12H10ClF3N4OS2. The molecule has 0 saturated carbocycles. The summed E-state index contributed by atoms with van der Waals surface area (Å²) in [6.45, 7) is -1.18. The Hall–Kier alpha value is -1.52. The summed E-state index contributed by atoms with van der Waals surface area (Å²) in [5, 5.41) is 12.6. The van der Waals surface area contributed by atoms with Crippen molar-refractivity contribution in [2.45, 2.75) is 10.5 Å². The maximum absolute atomic E-state index is 12.1. The number of alkyl halides is 3. The van der Waals surface area contributed by atoms with Crippen molar-refractivity contribution < 1.29 is 18.0 Å². The summed E-state index contributed by atoms with van der Waals surface area (Å²) in [6.07, 6.45) is -4.32. The number of amides is 1. The molecule has 1 aromatic carbocycles. The van der Waals surface area contributed by atoms with Gasteiger partial charge in [-0.15, -0.1) is 10.2 Å². The van der Waals surface area contributed by atoms with E-state index < -0.39 is 12.7 Å². The van der Waals surface area contributed by atoms with Gasteiger partial charge in [-0.2, -0.15) is 13.2 Å². The number of halogens is 4. The van der Waals surface area contributed by atoms with Crippen LogP contribution in [0.25, 0.3) is 0 Å². The SMILES string of the molecule is O=C(CSc1nnc(NCC(F)(F)F)s1)Nc1cccc(Cl)c1. The average molecular weight is 383 g/mol. The van der Waals surface area contributed by atoms with Crippen LogP contribution in [0.15, 0.2) is 28.6 Å². The minimum Gasteiger partial charge on any atom is -0.351 e. The number of hydrogen-bond donors (Lipinski definition) is 2. The lowest BCUT2D eigenvalue weighted by molar-refractivity contribution is -0.115. The Morgan fingerprint density at radius 2 is 2.13 bits per heavy atom. The van der Waals surface area contributed by atoms with E-state index in [0.29, 0.717) is 15.0 Å². The molecule has 2 rings (SSSR count). The number of aromatic nitrogens is 2. The summed E-state index contributed by atoms with van der Waals surface area (Å²) in [5.41, 5.74) is 0.563. The molecule has 2 aromatic rings. The molecule has 1 amide bonds. The summed E-state index contributed by atoms with van der Waals surface area (Å²) in [5.74, 6) is -0.224. The lowest BCUT2D eigenvalue weighted by Gasteiger charge is -2.05. The number of carbonyl (C=O) groups excluding carboxylic acids is 1. The molecule has 124 valence electrons. The third kappa shape index (κ3) is 6.63. The van der Waals surface area contributed by atoms with Crippen LogP contribution in [-0.2, 0) is 4.79 Å². The van der Waals surface area contributed by atoms with Crippen LogP contribution < -0.4 is 10.6 Å². The minimum atomic E-state index is -4.32. The van der Waals surface area contributed by atoms with Gasteiger partial charge in [-0.25, -0.2) is 0 Å². The predicted molar refractivity (Wildman–Crippen MR) is 85.3 cm³/mol. The highest BCUT2D eigenvalue weighted by Crippen LogP contribution is 2.26.